The van der Waals surface area contributed by atoms with Crippen LogP contribution in [0, 0.1) is 16.7 Å². The number of alkyl halides is 2. The van der Waals surface area contributed by atoms with Crippen LogP contribution in [0.15, 0.2) is 0 Å². The molecule has 1 amide bonds. The maximum Gasteiger partial charge on any atom is 0.235 e. The molecule has 1 fully saturated rings. The molecule has 1 atom stereocenters. The lowest BCUT2D eigenvalue weighted by Crippen LogP contribution is -2.40. The largest absolute Gasteiger partial charge is 0.323 e. The first kappa shape index (κ1) is 17.9. The Kier molecular flexibility index (Phi) is 4.82. The zero-order chi connectivity index (χ0) is 17.5. The molecule has 128 valence electrons. The van der Waals surface area contributed by atoms with Crippen molar-refractivity contribution in [1.29, 1.82) is 5.26 Å². The van der Waals surface area contributed by atoms with Gasteiger partial charge < -0.3 is 10.6 Å². The van der Waals surface area contributed by atoms with E-state index in [-0.39, 0.29) is 11.0 Å². The van der Waals surface area contributed by atoms with E-state index in [4.69, 9.17) is 35.4 Å². The van der Waals surface area contributed by atoms with Crippen molar-refractivity contribution in [2.75, 3.05) is 5.32 Å². The fourth-order valence-corrected chi connectivity index (χ4v) is 5.18. The highest BCUT2D eigenvalue weighted by Crippen LogP contribution is 2.63. The summed E-state index contributed by atoms with van der Waals surface area (Å²) in [6.45, 7) is 1.71. The Hall–Kier alpha value is -0.870. The van der Waals surface area contributed by atoms with Crippen molar-refractivity contribution in [3.05, 3.63) is 16.0 Å². The summed E-state index contributed by atoms with van der Waals surface area (Å²) < 4.78 is -1.04. The monoisotopic (exact) mass is 401 g/mol. The summed E-state index contributed by atoms with van der Waals surface area (Å²) >= 11 is 18.8. The maximum absolute atomic E-state index is 12.3. The number of nitrogens with zero attached hydrogens (tertiary/aromatic N) is 1. The maximum atomic E-state index is 12.3. The van der Waals surface area contributed by atoms with Crippen molar-refractivity contribution >= 4 is 62.8 Å². The average molecular weight is 402 g/mol. The third-order valence-corrected chi connectivity index (χ3v) is 7.26. The number of rotatable bonds is 2. The number of aryl methyl sites for hydroxylation is 1. The van der Waals surface area contributed by atoms with Crippen LogP contribution in [-0.4, -0.2) is 15.4 Å². The molecule has 0 aliphatic heterocycles. The normalized spacial score (nSPS) is 24.2. The second kappa shape index (κ2) is 6.45. The van der Waals surface area contributed by atoms with E-state index in [0.717, 1.165) is 31.2 Å². The van der Waals surface area contributed by atoms with Crippen molar-refractivity contribution in [2.24, 2.45) is 5.41 Å². The standard InChI is InChI=1S/C16H17Cl2N3OS2/c1-15(8-16(15,17)18)13(22)21-14(23)20-12-10(7-19)9-5-3-2-4-6-11(9)24-12/h2-6,8H2,1H3,(H2,20,21,22,23). The number of hydrogen-bond acceptors (Lipinski definition) is 4. The van der Waals surface area contributed by atoms with Gasteiger partial charge in [-0.25, -0.2) is 0 Å². The lowest BCUT2D eigenvalue weighted by Gasteiger charge is -2.14. The SMILES string of the molecule is CC1(C(=O)NC(=S)Nc2sc3c(c2C#N)CCCCC3)CC1(Cl)Cl. The number of halogens is 2. The molecule has 2 aliphatic rings. The number of fused-ring (bicyclic) bond motifs is 1. The van der Waals surface area contributed by atoms with Crippen LogP contribution in [0.25, 0.3) is 0 Å². The Morgan fingerprint density at radius 2 is 2.00 bits per heavy atom. The van der Waals surface area contributed by atoms with E-state index in [2.05, 4.69) is 16.7 Å². The van der Waals surface area contributed by atoms with Crippen LogP contribution >= 0.6 is 46.8 Å². The van der Waals surface area contributed by atoms with E-state index in [1.807, 2.05) is 0 Å². The van der Waals surface area contributed by atoms with Crippen molar-refractivity contribution in [3.63, 3.8) is 0 Å². The van der Waals surface area contributed by atoms with Gasteiger partial charge in [0, 0.05) is 4.88 Å². The van der Waals surface area contributed by atoms with Gasteiger partial charge in [-0.15, -0.1) is 34.5 Å². The topological polar surface area (TPSA) is 64.9 Å². The molecule has 1 saturated carbocycles. The van der Waals surface area contributed by atoms with Crippen molar-refractivity contribution in [1.82, 2.24) is 5.32 Å². The first-order valence-electron chi connectivity index (χ1n) is 7.83. The van der Waals surface area contributed by atoms with E-state index in [0.29, 0.717) is 17.0 Å². The smallest absolute Gasteiger partial charge is 0.235 e. The number of anilines is 1. The summed E-state index contributed by atoms with van der Waals surface area (Å²) in [6, 6.07) is 2.28. The number of nitrogens with one attached hydrogen (secondary N) is 2. The molecule has 1 unspecified atom stereocenters. The molecular weight excluding hydrogens is 385 g/mol. The van der Waals surface area contributed by atoms with Gasteiger partial charge in [0.25, 0.3) is 0 Å². The summed E-state index contributed by atoms with van der Waals surface area (Å²) in [5, 5.41) is 16.0. The Balaban J connectivity index is 1.71. The van der Waals surface area contributed by atoms with E-state index >= 15 is 0 Å². The highest BCUT2D eigenvalue weighted by Gasteiger charge is 2.68. The lowest BCUT2D eigenvalue weighted by molar-refractivity contribution is -0.124. The Labute approximate surface area is 160 Å². The van der Waals surface area contributed by atoms with Gasteiger partial charge >= 0.3 is 0 Å². The molecular formula is C16H17Cl2N3OS2. The number of carbonyl (C=O) groups excluding carboxylic acids is 1. The van der Waals surface area contributed by atoms with Crippen molar-refractivity contribution in [2.45, 2.75) is 49.8 Å². The number of thiophene rings is 1. The molecule has 0 radical (unpaired) electrons. The van der Waals surface area contributed by atoms with E-state index in [9.17, 15) is 10.1 Å². The quantitative estimate of drug-likeness (QED) is 0.440. The van der Waals surface area contributed by atoms with Crippen LogP contribution in [0.2, 0.25) is 0 Å². The third kappa shape index (κ3) is 3.15. The molecule has 4 nitrogen and oxygen atoms in total. The van der Waals surface area contributed by atoms with Crippen LogP contribution in [0.1, 0.15) is 48.6 Å². The molecule has 3 rings (SSSR count). The van der Waals surface area contributed by atoms with Crippen molar-refractivity contribution in [3.8, 4) is 6.07 Å². The Morgan fingerprint density at radius 3 is 2.62 bits per heavy atom. The number of carbonyl (C=O) groups is 1. The summed E-state index contributed by atoms with van der Waals surface area (Å²) in [4.78, 5) is 13.5. The molecule has 0 saturated heterocycles. The van der Waals surface area contributed by atoms with Crippen LogP contribution in [0.4, 0.5) is 5.00 Å². The van der Waals surface area contributed by atoms with Gasteiger partial charge in [0.2, 0.25) is 5.91 Å². The van der Waals surface area contributed by atoms with E-state index < -0.39 is 9.75 Å². The highest BCUT2D eigenvalue weighted by molar-refractivity contribution is 7.80. The molecule has 0 spiro atoms. The molecule has 1 heterocycles. The molecule has 0 bridgehead atoms. The minimum Gasteiger partial charge on any atom is -0.323 e. The summed E-state index contributed by atoms with van der Waals surface area (Å²) in [5.41, 5.74) is 0.952. The molecule has 24 heavy (non-hydrogen) atoms. The Bertz CT molecular complexity index is 753. The number of thiocarbonyl (C=S) groups is 1. The van der Waals surface area contributed by atoms with Gasteiger partial charge in [-0.3, -0.25) is 4.79 Å². The van der Waals surface area contributed by atoms with Gasteiger partial charge in [0.05, 0.1) is 11.0 Å². The van der Waals surface area contributed by atoms with Crippen LogP contribution in [0.3, 0.4) is 0 Å². The molecule has 8 heteroatoms. The van der Waals surface area contributed by atoms with Crippen molar-refractivity contribution < 1.29 is 4.79 Å². The van der Waals surface area contributed by atoms with E-state index in [1.165, 1.54) is 11.3 Å². The molecule has 2 N–H and O–H groups in total. The third-order valence-electron chi connectivity index (χ3n) is 4.75. The highest BCUT2D eigenvalue weighted by atomic mass is 35.5. The van der Waals surface area contributed by atoms with Crippen LogP contribution in [-0.2, 0) is 17.6 Å². The zero-order valence-electron chi connectivity index (χ0n) is 13.2. The predicted molar refractivity (Wildman–Crippen MR) is 102 cm³/mol. The first-order valence-corrected chi connectivity index (χ1v) is 9.81. The number of nitriles is 1. The van der Waals surface area contributed by atoms with Crippen LogP contribution in [0.5, 0.6) is 0 Å². The molecule has 2 aliphatic carbocycles. The first-order chi connectivity index (χ1) is 11.3. The molecule has 0 aromatic carbocycles. The minimum atomic E-state index is -1.04. The van der Waals surface area contributed by atoms with Gasteiger partial charge in [-0.1, -0.05) is 6.42 Å². The molecule has 1 aromatic rings. The fraction of sp³-hybridized carbons (Fsp3) is 0.562. The summed E-state index contributed by atoms with van der Waals surface area (Å²) in [7, 11) is 0. The zero-order valence-corrected chi connectivity index (χ0v) is 16.3. The Morgan fingerprint density at radius 1 is 1.33 bits per heavy atom. The summed E-state index contributed by atoms with van der Waals surface area (Å²) in [5.74, 6) is -0.304. The number of hydrogen-bond donors (Lipinski definition) is 2. The van der Waals surface area contributed by atoms with E-state index in [1.54, 1.807) is 18.3 Å². The van der Waals surface area contributed by atoms with Gasteiger partial charge in [-0.05, 0) is 56.8 Å². The summed E-state index contributed by atoms with van der Waals surface area (Å²) in [6.07, 6.45) is 5.76. The predicted octanol–water partition coefficient (Wildman–Crippen LogP) is 4.29. The molecule has 1 aromatic heterocycles. The second-order valence-corrected chi connectivity index (χ2v) is 9.50. The fourth-order valence-electron chi connectivity index (χ4n) is 2.97. The minimum absolute atomic E-state index is 0.171. The van der Waals surface area contributed by atoms with Gasteiger partial charge in [0.15, 0.2) is 5.11 Å². The van der Waals surface area contributed by atoms with Gasteiger partial charge in [0.1, 0.15) is 15.4 Å². The number of amides is 1. The average Bonchev–Trinajstić information content (AvgIpc) is 2.99. The van der Waals surface area contributed by atoms with Gasteiger partial charge in [-0.2, -0.15) is 5.26 Å². The lowest BCUT2D eigenvalue weighted by atomic mass is 10.1. The second-order valence-electron chi connectivity index (χ2n) is 6.50. The van der Waals surface area contributed by atoms with Crippen LogP contribution < -0.4 is 10.6 Å².